The first kappa shape index (κ1) is 8.79. The van der Waals surface area contributed by atoms with E-state index >= 15 is 0 Å². The van der Waals surface area contributed by atoms with Gasteiger partial charge in [0.25, 0.3) is 0 Å². The number of fused-ring (bicyclic) bond motifs is 2. The van der Waals surface area contributed by atoms with Crippen LogP contribution < -0.4 is 0 Å². The minimum atomic E-state index is 0.000532. The minimum Gasteiger partial charge on any atom is -0.466 e. The highest BCUT2D eigenvalue weighted by atomic mass is 16.5. The Bertz CT molecular complexity index is 257. The number of esters is 1. The van der Waals surface area contributed by atoms with E-state index in [-0.39, 0.29) is 17.3 Å². The van der Waals surface area contributed by atoms with Gasteiger partial charge >= 0.3 is 5.97 Å². The fraction of sp³-hybridized carbons (Fsp3) is 0.727. The highest BCUT2D eigenvalue weighted by molar-refractivity contribution is 5.74. The van der Waals surface area contributed by atoms with Gasteiger partial charge in [-0.1, -0.05) is 19.1 Å². The van der Waals surface area contributed by atoms with Crippen LogP contribution in [0, 0.1) is 17.3 Å². The topological polar surface area (TPSA) is 26.3 Å². The average molecular weight is 180 g/mol. The Morgan fingerprint density at radius 3 is 2.85 bits per heavy atom. The first-order valence-corrected chi connectivity index (χ1v) is 5.00. The fourth-order valence-electron chi connectivity index (χ4n) is 2.62. The van der Waals surface area contributed by atoms with Gasteiger partial charge in [-0.3, -0.25) is 4.79 Å². The van der Waals surface area contributed by atoms with Crippen molar-refractivity contribution < 1.29 is 9.53 Å². The van der Waals surface area contributed by atoms with Crippen molar-refractivity contribution in [3.8, 4) is 0 Å². The van der Waals surface area contributed by atoms with E-state index in [2.05, 4.69) is 19.1 Å². The second kappa shape index (κ2) is 2.86. The zero-order valence-electron chi connectivity index (χ0n) is 8.25. The minimum absolute atomic E-state index is 0.000532. The van der Waals surface area contributed by atoms with Crippen molar-refractivity contribution in [3.63, 3.8) is 0 Å². The van der Waals surface area contributed by atoms with Crippen LogP contribution in [0.25, 0.3) is 0 Å². The number of carbonyl (C=O) groups is 1. The van der Waals surface area contributed by atoms with E-state index in [1.165, 1.54) is 0 Å². The molecule has 0 aromatic heterocycles. The highest BCUT2D eigenvalue weighted by Crippen LogP contribution is 2.52. The largest absolute Gasteiger partial charge is 0.466 e. The number of allylic oxidation sites excluding steroid dienone is 2. The third-order valence-electron chi connectivity index (χ3n) is 3.24. The predicted molar refractivity (Wildman–Crippen MR) is 50.1 cm³/mol. The monoisotopic (exact) mass is 180 g/mol. The molecule has 0 amide bonds. The summed E-state index contributed by atoms with van der Waals surface area (Å²) >= 11 is 0. The van der Waals surface area contributed by atoms with Crippen LogP contribution in [0.15, 0.2) is 12.2 Å². The Kier molecular flexibility index (Phi) is 1.94. The SMILES string of the molecule is CCOC(=O)C1CC2(C)C=CC1C2. The molecule has 13 heavy (non-hydrogen) atoms. The summed E-state index contributed by atoms with van der Waals surface area (Å²) in [6.45, 7) is 4.59. The summed E-state index contributed by atoms with van der Waals surface area (Å²) in [5, 5.41) is 0. The number of ether oxygens (including phenoxy) is 1. The van der Waals surface area contributed by atoms with Crippen LogP contribution in [0.4, 0.5) is 0 Å². The molecule has 2 aliphatic carbocycles. The van der Waals surface area contributed by atoms with Crippen LogP contribution in [0.2, 0.25) is 0 Å². The van der Waals surface area contributed by atoms with Crippen molar-refractivity contribution in [2.24, 2.45) is 17.3 Å². The normalized spacial score (nSPS) is 41.1. The summed E-state index contributed by atoms with van der Waals surface area (Å²) in [5.74, 6) is 0.583. The molecule has 3 atom stereocenters. The molecule has 0 radical (unpaired) electrons. The van der Waals surface area contributed by atoms with E-state index in [1.54, 1.807) is 0 Å². The molecule has 2 aliphatic rings. The molecule has 0 heterocycles. The number of carbonyl (C=O) groups excluding carboxylic acids is 1. The van der Waals surface area contributed by atoms with Gasteiger partial charge < -0.3 is 4.74 Å². The van der Waals surface area contributed by atoms with Gasteiger partial charge in [-0.25, -0.2) is 0 Å². The van der Waals surface area contributed by atoms with Crippen LogP contribution in [-0.2, 0) is 9.53 Å². The lowest BCUT2D eigenvalue weighted by molar-refractivity contribution is -0.149. The molecule has 0 aromatic carbocycles. The molecular formula is C11H16O2. The first-order chi connectivity index (χ1) is 6.14. The lowest BCUT2D eigenvalue weighted by atomic mass is 9.86. The molecule has 1 fully saturated rings. The summed E-state index contributed by atoms with van der Waals surface area (Å²) in [6, 6.07) is 0. The lowest BCUT2D eigenvalue weighted by Crippen LogP contribution is -2.22. The van der Waals surface area contributed by atoms with Gasteiger partial charge in [-0.2, -0.15) is 0 Å². The van der Waals surface area contributed by atoms with E-state index in [0.717, 1.165) is 12.8 Å². The van der Waals surface area contributed by atoms with E-state index < -0.39 is 0 Å². The summed E-state index contributed by atoms with van der Waals surface area (Å²) in [6.07, 6.45) is 6.56. The molecule has 0 aromatic rings. The smallest absolute Gasteiger partial charge is 0.309 e. The van der Waals surface area contributed by atoms with Crippen LogP contribution in [0.3, 0.4) is 0 Å². The molecule has 3 unspecified atom stereocenters. The first-order valence-electron chi connectivity index (χ1n) is 5.00. The van der Waals surface area contributed by atoms with Crippen molar-refractivity contribution in [2.45, 2.75) is 26.7 Å². The van der Waals surface area contributed by atoms with E-state index in [0.29, 0.717) is 12.5 Å². The van der Waals surface area contributed by atoms with Gasteiger partial charge in [0.1, 0.15) is 0 Å². The highest BCUT2D eigenvalue weighted by Gasteiger charge is 2.47. The molecule has 0 aliphatic heterocycles. The van der Waals surface area contributed by atoms with E-state index in [1.807, 2.05) is 6.92 Å². The molecule has 2 nitrogen and oxygen atoms in total. The van der Waals surface area contributed by atoms with Gasteiger partial charge in [0.2, 0.25) is 0 Å². The van der Waals surface area contributed by atoms with Crippen LogP contribution in [0.5, 0.6) is 0 Å². The molecule has 0 saturated heterocycles. The van der Waals surface area contributed by atoms with Gasteiger partial charge in [0.15, 0.2) is 0 Å². The zero-order valence-corrected chi connectivity index (χ0v) is 8.25. The summed E-state index contributed by atoms with van der Waals surface area (Å²) in [5.41, 5.74) is 0.280. The summed E-state index contributed by atoms with van der Waals surface area (Å²) in [4.78, 5) is 11.5. The standard InChI is InChI=1S/C11H16O2/c1-3-13-10(12)9-7-11(2)5-4-8(9)6-11/h4-5,8-9H,3,6-7H2,1-2H3. The maximum absolute atomic E-state index is 11.5. The Balaban J connectivity index is 2.05. The number of hydrogen-bond acceptors (Lipinski definition) is 2. The van der Waals surface area contributed by atoms with Crippen molar-refractivity contribution in [1.29, 1.82) is 0 Å². The molecule has 0 spiro atoms. The van der Waals surface area contributed by atoms with Gasteiger partial charge in [0, 0.05) is 0 Å². The third-order valence-corrected chi connectivity index (χ3v) is 3.24. The number of hydrogen-bond donors (Lipinski definition) is 0. The van der Waals surface area contributed by atoms with Crippen LogP contribution in [0.1, 0.15) is 26.7 Å². The number of rotatable bonds is 2. The Labute approximate surface area is 79.0 Å². The van der Waals surface area contributed by atoms with E-state index in [9.17, 15) is 4.79 Å². The third kappa shape index (κ3) is 1.38. The summed E-state index contributed by atoms with van der Waals surface area (Å²) < 4.78 is 5.05. The van der Waals surface area contributed by atoms with E-state index in [4.69, 9.17) is 4.74 Å². The van der Waals surface area contributed by atoms with Crippen molar-refractivity contribution in [1.82, 2.24) is 0 Å². The van der Waals surface area contributed by atoms with Gasteiger partial charge in [0.05, 0.1) is 12.5 Å². The molecular weight excluding hydrogens is 164 g/mol. The van der Waals surface area contributed by atoms with Crippen LogP contribution >= 0.6 is 0 Å². The summed E-state index contributed by atoms with van der Waals surface area (Å²) in [7, 11) is 0. The molecule has 2 rings (SSSR count). The average Bonchev–Trinajstić information content (AvgIpc) is 2.59. The maximum atomic E-state index is 11.5. The van der Waals surface area contributed by atoms with Crippen molar-refractivity contribution in [3.05, 3.63) is 12.2 Å². The van der Waals surface area contributed by atoms with Gasteiger partial charge in [-0.15, -0.1) is 0 Å². The molecule has 72 valence electrons. The Morgan fingerprint density at radius 2 is 2.38 bits per heavy atom. The molecule has 0 N–H and O–H groups in total. The second-order valence-corrected chi connectivity index (χ2v) is 4.44. The lowest BCUT2D eigenvalue weighted by Gasteiger charge is -2.20. The predicted octanol–water partition coefficient (Wildman–Crippen LogP) is 2.15. The second-order valence-electron chi connectivity index (χ2n) is 4.44. The van der Waals surface area contributed by atoms with Crippen molar-refractivity contribution in [2.75, 3.05) is 6.61 Å². The zero-order chi connectivity index (χ0) is 9.47. The maximum Gasteiger partial charge on any atom is 0.309 e. The quantitative estimate of drug-likeness (QED) is 0.481. The van der Waals surface area contributed by atoms with Crippen molar-refractivity contribution >= 4 is 5.97 Å². The Morgan fingerprint density at radius 1 is 1.62 bits per heavy atom. The fourth-order valence-corrected chi connectivity index (χ4v) is 2.62. The molecule has 1 saturated carbocycles. The van der Waals surface area contributed by atoms with Gasteiger partial charge in [-0.05, 0) is 31.1 Å². The molecule has 2 heteroatoms. The molecule has 2 bridgehead atoms. The van der Waals surface area contributed by atoms with Crippen LogP contribution in [-0.4, -0.2) is 12.6 Å². The Hall–Kier alpha value is -0.790.